The molecular formula is C61H56N4. The largest absolute Gasteiger partial charge is 0.278 e. The van der Waals surface area contributed by atoms with Gasteiger partial charge in [-0.1, -0.05) is 163 Å². The summed E-state index contributed by atoms with van der Waals surface area (Å²) in [6.45, 7) is 20.4. The van der Waals surface area contributed by atoms with E-state index in [9.17, 15) is 0 Å². The summed E-state index contributed by atoms with van der Waals surface area (Å²) in [5, 5.41) is 0. The summed E-state index contributed by atoms with van der Waals surface area (Å²) in [7, 11) is 0. The average molecular weight is 845 g/mol. The molecule has 0 N–H and O–H groups in total. The molecule has 0 fully saturated rings. The van der Waals surface area contributed by atoms with Crippen LogP contribution in [0, 0.1) is 62.3 Å². The second-order valence-electron chi connectivity index (χ2n) is 17.8. The lowest BCUT2D eigenvalue weighted by Crippen LogP contribution is -2.20. The van der Waals surface area contributed by atoms with Gasteiger partial charge in [-0.25, -0.2) is 4.98 Å². The van der Waals surface area contributed by atoms with Gasteiger partial charge in [0.15, 0.2) is 11.6 Å². The minimum atomic E-state index is -0.0361. The van der Waals surface area contributed by atoms with Crippen LogP contribution in [0.5, 0.6) is 0 Å². The zero-order valence-electron chi connectivity index (χ0n) is 39.0. The molecule has 0 atom stereocenters. The Balaban J connectivity index is 1.41. The lowest BCUT2D eigenvalue weighted by Gasteiger charge is -2.34. The molecule has 8 aromatic carbocycles. The van der Waals surface area contributed by atoms with Gasteiger partial charge in [-0.15, -0.1) is 0 Å². The van der Waals surface area contributed by atoms with Crippen molar-refractivity contribution >= 4 is 17.3 Å². The highest BCUT2D eigenvalue weighted by Crippen LogP contribution is 2.48. The second-order valence-corrected chi connectivity index (χ2v) is 17.8. The van der Waals surface area contributed by atoms with Gasteiger partial charge >= 0.3 is 0 Å². The number of anilines is 3. The highest BCUT2D eigenvalue weighted by atomic mass is 15.3. The molecule has 9 rings (SSSR count). The molecule has 0 aliphatic heterocycles. The Morgan fingerprint density at radius 2 is 0.708 bits per heavy atom. The summed E-state index contributed by atoms with van der Waals surface area (Å²) in [5.41, 5.74) is 23.6. The lowest BCUT2D eigenvalue weighted by molar-refractivity contribution is 0.895. The van der Waals surface area contributed by atoms with Crippen molar-refractivity contribution in [1.82, 2.24) is 15.0 Å². The van der Waals surface area contributed by atoms with E-state index in [0.29, 0.717) is 17.6 Å². The van der Waals surface area contributed by atoms with Gasteiger partial charge < -0.3 is 0 Å². The molecule has 1 heterocycles. The van der Waals surface area contributed by atoms with Gasteiger partial charge in [-0.2, -0.15) is 9.97 Å². The number of aromatic nitrogens is 3. The molecule has 0 unspecified atom stereocenters. The molecule has 0 spiro atoms. The van der Waals surface area contributed by atoms with Gasteiger partial charge in [0.25, 0.3) is 0 Å². The molecular weight excluding hydrogens is 789 g/mol. The Kier molecular flexibility index (Phi) is 11.9. The van der Waals surface area contributed by atoms with Gasteiger partial charge in [0.1, 0.15) is 0 Å². The fraction of sp³-hybridized carbons (Fsp3) is 0.164. The number of hydrogen-bond acceptors (Lipinski definition) is 4. The van der Waals surface area contributed by atoms with Crippen molar-refractivity contribution in [2.45, 2.75) is 68.2 Å². The Bertz CT molecular complexity index is 2830. The van der Waals surface area contributed by atoms with E-state index in [-0.39, 0.29) is 5.92 Å². The molecule has 4 nitrogen and oxygen atoms in total. The molecule has 0 amide bonds. The maximum absolute atomic E-state index is 5.46. The fourth-order valence-corrected chi connectivity index (χ4v) is 10.3. The van der Waals surface area contributed by atoms with Crippen LogP contribution in [-0.2, 0) is 0 Å². The van der Waals surface area contributed by atoms with Crippen LogP contribution in [0.1, 0.15) is 72.7 Å². The van der Waals surface area contributed by atoms with E-state index >= 15 is 0 Å². The zero-order chi connectivity index (χ0) is 45.4. The summed E-state index contributed by atoms with van der Waals surface area (Å²) in [4.78, 5) is 18.4. The zero-order valence-corrected chi connectivity index (χ0v) is 39.0. The maximum Gasteiger partial charge on any atom is 0.238 e. The molecule has 0 bridgehead atoms. The van der Waals surface area contributed by atoms with Gasteiger partial charge in [0.05, 0.1) is 11.4 Å². The van der Waals surface area contributed by atoms with Crippen LogP contribution in [-0.4, -0.2) is 15.0 Å². The number of nitrogens with zero attached hydrogens (tertiary/aromatic N) is 4. The van der Waals surface area contributed by atoms with Gasteiger partial charge in [0.2, 0.25) is 5.95 Å². The lowest BCUT2D eigenvalue weighted by atomic mass is 9.74. The highest BCUT2D eigenvalue weighted by Gasteiger charge is 2.32. The molecule has 9 aromatic rings. The van der Waals surface area contributed by atoms with Crippen LogP contribution < -0.4 is 4.90 Å². The number of rotatable bonds is 10. The minimum Gasteiger partial charge on any atom is -0.278 e. The molecule has 320 valence electrons. The predicted molar refractivity (Wildman–Crippen MR) is 273 cm³/mol. The summed E-state index contributed by atoms with van der Waals surface area (Å²) >= 11 is 0. The highest BCUT2D eigenvalue weighted by molar-refractivity contribution is 5.87. The number of aryl methyl sites for hydroxylation is 8. The summed E-state index contributed by atoms with van der Waals surface area (Å²) in [6.07, 6.45) is 0. The van der Waals surface area contributed by atoms with Crippen LogP contribution in [0.3, 0.4) is 0 Å². The van der Waals surface area contributed by atoms with Crippen molar-refractivity contribution in [3.63, 3.8) is 0 Å². The first-order valence-corrected chi connectivity index (χ1v) is 22.6. The van der Waals surface area contributed by atoms with E-state index in [2.05, 4.69) is 201 Å². The van der Waals surface area contributed by atoms with E-state index in [0.717, 1.165) is 50.3 Å². The van der Waals surface area contributed by atoms with E-state index in [4.69, 9.17) is 15.0 Å². The van der Waals surface area contributed by atoms with E-state index in [1.165, 1.54) is 61.2 Å². The molecule has 4 heteroatoms. The van der Waals surface area contributed by atoms with Crippen molar-refractivity contribution in [3.05, 3.63) is 237 Å². The molecule has 0 saturated carbocycles. The maximum atomic E-state index is 5.46. The first-order valence-electron chi connectivity index (χ1n) is 22.6. The SMILES string of the molecule is Cc1cc(C)c(C(c2c(C)cc(C)cc2C)c2c(C)cc(C)c(N(c3cc(-c4ccccc4)cc(-c4ccccc4)c3)c3nc(-c4ccccc4)nc(-c4ccccc4)n3)c2C)c(C)c1. The van der Waals surface area contributed by atoms with Gasteiger partial charge in [-0.3, -0.25) is 4.90 Å². The van der Waals surface area contributed by atoms with Crippen molar-refractivity contribution < 1.29 is 0 Å². The quantitative estimate of drug-likeness (QED) is 0.129. The second kappa shape index (κ2) is 18.0. The Labute approximate surface area is 385 Å². The van der Waals surface area contributed by atoms with Crippen LogP contribution in [0.4, 0.5) is 17.3 Å². The summed E-state index contributed by atoms with van der Waals surface area (Å²) in [6, 6.07) is 60.5. The van der Waals surface area contributed by atoms with E-state index < -0.39 is 0 Å². The molecule has 65 heavy (non-hydrogen) atoms. The van der Waals surface area contributed by atoms with Gasteiger partial charge in [-0.05, 0) is 158 Å². The average Bonchev–Trinajstić information content (AvgIpc) is 3.30. The standard InChI is InChI=1S/C61H56N4/c1-38-30-40(3)54(41(4)31-38)57(55-42(5)32-39(2)33-43(55)6)56-44(7)34-45(8)58(46(56)9)65(53-36-51(47-22-14-10-15-23-47)35-52(37-53)48-24-16-11-17-25-48)61-63-59(49-26-18-12-19-27-49)62-60(64-61)50-28-20-13-21-29-50/h10-37,57H,1-9H3. The topological polar surface area (TPSA) is 41.9 Å². The molecule has 0 aliphatic rings. The van der Waals surface area contributed by atoms with E-state index in [1.807, 2.05) is 36.4 Å². The summed E-state index contributed by atoms with van der Waals surface area (Å²) in [5.74, 6) is 1.73. The van der Waals surface area contributed by atoms with E-state index in [1.54, 1.807) is 0 Å². The van der Waals surface area contributed by atoms with Crippen LogP contribution in [0.2, 0.25) is 0 Å². The molecule has 0 aliphatic carbocycles. The molecule has 0 saturated heterocycles. The number of benzene rings is 8. The van der Waals surface area contributed by atoms with Crippen molar-refractivity contribution in [3.8, 4) is 45.0 Å². The van der Waals surface area contributed by atoms with Crippen molar-refractivity contribution in [2.24, 2.45) is 0 Å². The first-order chi connectivity index (χ1) is 31.4. The van der Waals surface area contributed by atoms with Crippen molar-refractivity contribution in [1.29, 1.82) is 0 Å². The minimum absolute atomic E-state index is 0.0361. The smallest absolute Gasteiger partial charge is 0.238 e. The van der Waals surface area contributed by atoms with Gasteiger partial charge in [0, 0.05) is 17.0 Å². The number of hydrogen-bond donors (Lipinski definition) is 0. The Morgan fingerprint density at radius 3 is 1.11 bits per heavy atom. The third-order valence-corrected chi connectivity index (χ3v) is 12.8. The van der Waals surface area contributed by atoms with Crippen LogP contribution in [0.25, 0.3) is 45.0 Å². The predicted octanol–water partition coefficient (Wildman–Crippen LogP) is 16.0. The van der Waals surface area contributed by atoms with Crippen molar-refractivity contribution in [2.75, 3.05) is 4.90 Å². The molecule has 1 aromatic heterocycles. The van der Waals surface area contributed by atoms with Crippen LogP contribution in [0.15, 0.2) is 170 Å². The third-order valence-electron chi connectivity index (χ3n) is 12.8. The first kappa shape index (κ1) is 42.9. The summed E-state index contributed by atoms with van der Waals surface area (Å²) < 4.78 is 0. The third kappa shape index (κ3) is 8.53. The molecule has 0 radical (unpaired) electrons. The Hall–Kier alpha value is -7.43. The Morgan fingerprint density at radius 1 is 0.338 bits per heavy atom. The normalized spacial score (nSPS) is 11.3. The van der Waals surface area contributed by atoms with Crippen LogP contribution >= 0.6 is 0 Å². The monoisotopic (exact) mass is 844 g/mol. The fourth-order valence-electron chi connectivity index (χ4n) is 10.3.